The van der Waals surface area contributed by atoms with Gasteiger partial charge in [0, 0.05) is 11.1 Å². The number of aromatic nitrogens is 3. The van der Waals surface area contributed by atoms with Gasteiger partial charge in [0.2, 0.25) is 12.2 Å². The molecule has 3 aromatic rings. The van der Waals surface area contributed by atoms with Crippen LogP contribution in [0.5, 0.6) is 0 Å². The summed E-state index contributed by atoms with van der Waals surface area (Å²) in [6.07, 6.45) is 3.00. The lowest BCUT2D eigenvalue weighted by Crippen LogP contribution is -1.99. The molecule has 0 saturated carbocycles. The van der Waals surface area contributed by atoms with Crippen LogP contribution in [0.25, 0.3) is 22.8 Å². The molecule has 0 radical (unpaired) electrons. The Balaban J connectivity index is 2.00. The molecule has 3 rings (SSSR count). The van der Waals surface area contributed by atoms with Crippen molar-refractivity contribution in [3.05, 3.63) is 54.4 Å². The molecule has 0 spiro atoms. The minimum Gasteiger partial charge on any atom is -0.213 e. The number of nitrogens with zero attached hydrogens (tertiary/aromatic N) is 5. The van der Waals surface area contributed by atoms with Gasteiger partial charge in [0.25, 0.3) is 0 Å². The van der Waals surface area contributed by atoms with Crippen LogP contribution in [0.4, 0.5) is 11.4 Å². The molecule has 2 aromatic carbocycles. The topological polar surface area (TPSA) is 97.5 Å². The molecule has 7 heteroatoms. The summed E-state index contributed by atoms with van der Waals surface area (Å²) in [6, 6.07) is 13.8. The van der Waals surface area contributed by atoms with Crippen molar-refractivity contribution >= 4 is 23.5 Å². The zero-order chi connectivity index (χ0) is 17.6. The fourth-order valence-corrected chi connectivity index (χ4v) is 2.22. The van der Waals surface area contributed by atoms with Crippen LogP contribution >= 0.6 is 0 Å². The lowest BCUT2D eigenvalue weighted by atomic mass is 10.1. The Morgan fingerprint density at radius 1 is 0.680 bits per heavy atom. The van der Waals surface area contributed by atoms with Crippen LogP contribution in [0.3, 0.4) is 0 Å². The van der Waals surface area contributed by atoms with Crippen molar-refractivity contribution in [1.29, 1.82) is 0 Å². The van der Waals surface area contributed by atoms with Crippen molar-refractivity contribution < 1.29 is 9.59 Å². The molecule has 0 unspecified atom stereocenters. The lowest BCUT2D eigenvalue weighted by molar-refractivity contribution is 0.564. The molecule has 25 heavy (non-hydrogen) atoms. The Morgan fingerprint density at radius 3 is 1.44 bits per heavy atom. The van der Waals surface area contributed by atoms with Gasteiger partial charge in [-0.05, 0) is 55.5 Å². The largest absolute Gasteiger partial charge is 0.240 e. The number of hydrogen-bond donors (Lipinski definition) is 0. The minimum atomic E-state index is 0.510. The zero-order valence-electron chi connectivity index (χ0n) is 13.2. The minimum absolute atomic E-state index is 0.510. The average Bonchev–Trinajstić information content (AvgIpc) is 2.63. The molecule has 1 aromatic heterocycles. The number of rotatable bonds is 4. The number of hydrogen-bond acceptors (Lipinski definition) is 7. The standard InChI is InChI=1S/C18H11N5O2/c1-12-21-17(13-2-6-15(7-3-13)19-10-24)23-18(22-12)14-4-8-16(9-5-14)20-11-25/h2-9H,1H3. The molecule has 0 fully saturated rings. The third-order valence-electron chi connectivity index (χ3n) is 3.35. The Bertz CT molecular complexity index is 921. The van der Waals surface area contributed by atoms with E-state index in [9.17, 15) is 9.59 Å². The summed E-state index contributed by atoms with van der Waals surface area (Å²) in [5, 5.41) is 0. The fourth-order valence-electron chi connectivity index (χ4n) is 2.22. The monoisotopic (exact) mass is 329 g/mol. The maximum absolute atomic E-state index is 10.3. The van der Waals surface area contributed by atoms with Gasteiger partial charge in [0.1, 0.15) is 5.82 Å². The van der Waals surface area contributed by atoms with E-state index in [0.29, 0.717) is 28.8 Å². The van der Waals surface area contributed by atoms with Gasteiger partial charge in [-0.3, -0.25) is 0 Å². The summed E-state index contributed by atoms with van der Waals surface area (Å²) in [7, 11) is 0. The van der Waals surface area contributed by atoms with Gasteiger partial charge in [-0.2, -0.15) is 9.98 Å². The van der Waals surface area contributed by atoms with E-state index in [1.54, 1.807) is 55.5 Å². The maximum atomic E-state index is 10.3. The van der Waals surface area contributed by atoms with Crippen LogP contribution in [0.15, 0.2) is 58.5 Å². The van der Waals surface area contributed by atoms with Crippen molar-refractivity contribution in [3.63, 3.8) is 0 Å². The summed E-state index contributed by atoms with van der Waals surface area (Å²) >= 11 is 0. The van der Waals surface area contributed by atoms with Gasteiger partial charge in [0.15, 0.2) is 11.6 Å². The SMILES string of the molecule is Cc1nc(-c2ccc(N=C=O)cc2)nc(-c2ccc(N=C=O)cc2)n1. The fraction of sp³-hybridized carbons (Fsp3) is 0.0556. The maximum Gasteiger partial charge on any atom is 0.240 e. The van der Waals surface area contributed by atoms with Crippen LogP contribution in [0, 0.1) is 6.92 Å². The van der Waals surface area contributed by atoms with Crippen molar-refractivity contribution in [2.24, 2.45) is 9.98 Å². The van der Waals surface area contributed by atoms with Gasteiger partial charge in [-0.1, -0.05) is 0 Å². The van der Waals surface area contributed by atoms with E-state index in [4.69, 9.17) is 0 Å². The molecule has 0 N–H and O–H groups in total. The Hall–Kier alpha value is -3.79. The van der Waals surface area contributed by atoms with Crippen molar-refractivity contribution in [2.75, 3.05) is 0 Å². The first-order chi connectivity index (χ1) is 12.2. The Kier molecular flexibility index (Phi) is 4.62. The molecular formula is C18H11N5O2. The first-order valence-corrected chi connectivity index (χ1v) is 7.29. The zero-order valence-corrected chi connectivity index (χ0v) is 13.2. The predicted molar refractivity (Wildman–Crippen MR) is 91.0 cm³/mol. The van der Waals surface area contributed by atoms with E-state index in [1.165, 1.54) is 12.2 Å². The molecule has 0 aliphatic heterocycles. The number of aryl methyl sites for hydroxylation is 1. The van der Waals surface area contributed by atoms with E-state index in [0.717, 1.165) is 11.1 Å². The van der Waals surface area contributed by atoms with Crippen LogP contribution in [-0.2, 0) is 9.59 Å². The number of aliphatic imine (C=N–C) groups is 2. The van der Waals surface area contributed by atoms with Gasteiger partial charge in [0.05, 0.1) is 11.4 Å². The first kappa shape index (κ1) is 16.1. The lowest BCUT2D eigenvalue weighted by Gasteiger charge is -2.06. The Morgan fingerprint density at radius 2 is 1.08 bits per heavy atom. The highest BCUT2D eigenvalue weighted by Gasteiger charge is 2.08. The summed E-state index contributed by atoms with van der Waals surface area (Å²) in [4.78, 5) is 40.9. The normalized spacial score (nSPS) is 9.80. The van der Waals surface area contributed by atoms with Crippen LogP contribution in [0.2, 0.25) is 0 Å². The van der Waals surface area contributed by atoms with Crippen LogP contribution < -0.4 is 0 Å². The van der Waals surface area contributed by atoms with E-state index in [1.807, 2.05) is 0 Å². The van der Waals surface area contributed by atoms with E-state index >= 15 is 0 Å². The molecule has 0 aliphatic rings. The van der Waals surface area contributed by atoms with Gasteiger partial charge < -0.3 is 0 Å². The second-order valence-electron chi connectivity index (χ2n) is 5.03. The van der Waals surface area contributed by atoms with Crippen molar-refractivity contribution in [2.45, 2.75) is 6.92 Å². The molecule has 0 aliphatic carbocycles. The molecule has 0 bridgehead atoms. The molecule has 0 amide bonds. The summed E-state index contributed by atoms with van der Waals surface area (Å²) in [6.45, 7) is 1.78. The number of carbonyl (C=O) groups excluding carboxylic acids is 2. The van der Waals surface area contributed by atoms with Crippen LogP contribution in [-0.4, -0.2) is 27.1 Å². The van der Waals surface area contributed by atoms with Crippen molar-refractivity contribution in [1.82, 2.24) is 15.0 Å². The molecule has 120 valence electrons. The molecular weight excluding hydrogens is 318 g/mol. The highest BCUT2D eigenvalue weighted by molar-refractivity contribution is 5.64. The third kappa shape index (κ3) is 3.76. The van der Waals surface area contributed by atoms with Gasteiger partial charge in [-0.15, -0.1) is 0 Å². The highest BCUT2D eigenvalue weighted by Crippen LogP contribution is 2.23. The Labute approximate surface area is 142 Å². The second-order valence-corrected chi connectivity index (χ2v) is 5.03. The molecule has 0 saturated heterocycles. The highest BCUT2D eigenvalue weighted by atomic mass is 16.1. The molecule has 0 atom stereocenters. The molecule has 1 heterocycles. The summed E-state index contributed by atoms with van der Waals surface area (Å²) < 4.78 is 0. The molecule has 7 nitrogen and oxygen atoms in total. The quantitative estimate of drug-likeness (QED) is 0.539. The van der Waals surface area contributed by atoms with Crippen molar-refractivity contribution in [3.8, 4) is 22.8 Å². The number of isocyanates is 2. The van der Waals surface area contributed by atoms with Gasteiger partial charge in [-0.25, -0.2) is 24.5 Å². The van der Waals surface area contributed by atoms with E-state index in [2.05, 4.69) is 24.9 Å². The van der Waals surface area contributed by atoms with Gasteiger partial charge >= 0.3 is 0 Å². The summed E-state index contributed by atoms with van der Waals surface area (Å²) in [5.74, 6) is 1.60. The smallest absolute Gasteiger partial charge is 0.213 e. The van der Waals surface area contributed by atoms with E-state index < -0.39 is 0 Å². The average molecular weight is 329 g/mol. The summed E-state index contributed by atoms with van der Waals surface area (Å²) in [5.41, 5.74) is 2.57. The predicted octanol–water partition coefficient (Wildman–Crippen LogP) is 3.45. The van der Waals surface area contributed by atoms with E-state index in [-0.39, 0.29) is 0 Å². The second kappa shape index (κ2) is 7.19. The number of benzene rings is 2. The third-order valence-corrected chi connectivity index (χ3v) is 3.35. The first-order valence-electron chi connectivity index (χ1n) is 7.29. The van der Waals surface area contributed by atoms with Crippen LogP contribution in [0.1, 0.15) is 5.82 Å².